The molecule has 156 valence electrons. The smallest absolute Gasteiger partial charge is 0.261 e. The van der Waals surface area contributed by atoms with E-state index in [1.165, 1.54) is 4.90 Å². The van der Waals surface area contributed by atoms with Crippen molar-refractivity contribution >= 4 is 23.5 Å². The minimum atomic E-state index is -0.318. The normalized spacial score (nSPS) is 14.5. The SMILES string of the molecule is CCOc1cccc(/C=C2/C(=O)N(Cc3ccc(OC)cc3)C(=O)c3ccccc32)c1. The molecule has 3 aromatic carbocycles. The number of ether oxygens (including phenoxy) is 2. The molecule has 0 atom stereocenters. The highest BCUT2D eigenvalue weighted by Gasteiger charge is 2.34. The molecule has 5 nitrogen and oxygen atoms in total. The molecule has 0 bridgehead atoms. The van der Waals surface area contributed by atoms with Crippen molar-refractivity contribution in [2.45, 2.75) is 13.5 Å². The first-order valence-corrected chi connectivity index (χ1v) is 10.1. The number of amides is 2. The van der Waals surface area contributed by atoms with Crippen molar-refractivity contribution in [1.29, 1.82) is 0 Å². The summed E-state index contributed by atoms with van der Waals surface area (Å²) in [4.78, 5) is 27.8. The van der Waals surface area contributed by atoms with Gasteiger partial charge in [0.25, 0.3) is 11.8 Å². The van der Waals surface area contributed by atoms with Crippen molar-refractivity contribution < 1.29 is 19.1 Å². The van der Waals surface area contributed by atoms with E-state index in [4.69, 9.17) is 9.47 Å². The molecule has 5 heteroatoms. The first-order valence-electron chi connectivity index (χ1n) is 10.1. The Bertz CT molecular complexity index is 1150. The number of hydrogen-bond donors (Lipinski definition) is 0. The van der Waals surface area contributed by atoms with Crippen LogP contribution in [0.2, 0.25) is 0 Å². The summed E-state index contributed by atoms with van der Waals surface area (Å²) in [5, 5.41) is 0. The second kappa shape index (κ2) is 8.88. The van der Waals surface area contributed by atoms with Crippen LogP contribution in [-0.4, -0.2) is 30.4 Å². The second-order valence-corrected chi connectivity index (χ2v) is 7.15. The third-order valence-corrected chi connectivity index (χ3v) is 5.15. The van der Waals surface area contributed by atoms with Crippen LogP contribution in [0.25, 0.3) is 11.6 Å². The van der Waals surface area contributed by atoms with Crippen molar-refractivity contribution in [3.05, 3.63) is 95.1 Å². The Kier molecular flexibility index (Phi) is 5.85. The molecule has 0 radical (unpaired) electrons. The van der Waals surface area contributed by atoms with Gasteiger partial charge in [-0.15, -0.1) is 0 Å². The molecular formula is C26H23NO4. The summed E-state index contributed by atoms with van der Waals surface area (Å²) in [6, 6.07) is 22.1. The van der Waals surface area contributed by atoms with Crippen LogP contribution in [0, 0.1) is 0 Å². The average molecular weight is 413 g/mol. The van der Waals surface area contributed by atoms with Gasteiger partial charge in [-0.3, -0.25) is 14.5 Å². The first-order chi connectivity index (χ1) is 15.1. The Balaban J connectivity index is 1.74. The highest BCUT2D eigenvalue weighted by atomic mass is 16.5. The Morgan fingerprint density at radius 3 is 2.29 bits per heavy atom. The Morgan fingerprint density at radius 2 is 1.58 bits per heavy atom. The summed E-state index contributed by atoms with van der Waals surface area (Å²) >= 11 is 0. The molecule has 4 rings (SSSR count). The van der Waals surface area contributed by atoms with E-state index in [0.29, 0.717) is 23.3 Å². The second-order valence-electron chi connectivity index (χ2n) is 7.15. The topological polar surface area (TPSA) is 55.8 Å². The summed E-state index contributed by atoms with van der Waals surface area (Å²) in [5.41, 5.74) is 3.33. The third kappa shape index (κ3) is 4.21. The van der Waals surface area contributed by atoms with Gasteiger partial charge in [-0.1, -0.05) is 42.5 Å². The zero-order chi connectivity index (χ0) is 21.8. The summed E-state index contributed by atoms with van der Waals surface area (Å²) in [6.07, 6.45) is 1.82. The predicted octanol–water partition coefficient (Wildman–Crippen LogP) is 4.82. The minimum absolute atomic E-state index is 0.187. The molecule has 0 N–H and O–H groups in total. The van der Waals surface area contributed by atoms with Crippen LogP contribution in [0.1, 0.15) is 34.0 Å². The number of hydrogen-bond acceptors (Lipinski definition) is 4. The van der Waals surface area contributed by atoms with Crippen LogP contribution in [-0.2, 0) is 11.3 Å². The average Bonchev–Trinajstić information content (AvgIpc) is 2.80. The number of benzene rings is 3. The molecule has 0 saturated heterocycles. The van der Waals surface area contributed by atoms with Gasteiger partial charge in [0.2, 0.25) is 0 Å². The Hall–Kier alpha value is -3.86. The largest absolute Gasteiger partial charge is 0.497 e. The number of imide groups is 1. The van der Waals surface area contributed by atoms with E-state index in [0.717, 1.165) is 22.6 Å². The summed E-state index contributed by atoms with van der Waals surface area (Å²) in [6.45, 7) is 2.67. The zero-order valence-corrected chi connectivity index (χ0v) is 17.5. The van der Waals surface area contributed by atoms with Crippen LogP contribution < -0.4 is 9.47 Å². The first kappa shape index (κ1) is 20.4. The number of fused-ring (bicyclic) bond motifs is 1. The number of rotatable bonds is 6. The minimum Gasteiger partial charge on any atom is -0.497 e. The zero-order valence-electron chi connectivity index (χ0n) is 17.5. The Morgan fingerprint density at radius 1 is 0.839 bits per heavy atom. The third-order valence-electron chi connectivity index (χ3n) is 5.15. The van der Waals surface area contributed by atoms with Crippen LogP contribution in [0.3, 0.4) is 0 Å². The molecule has 1 heterocycles. The molecule has 0 saturated carbocycles. The molecule has 0 unspecified atom stereocenters. The molecule has 31 heavy (non-hydrogen) atoms. The fourth-order valence-electron chi connectivity index (χ4n) is 3.63. The van der Waals surface area contributed by atoms with Crippen LogP contribution in [0.15, 0.2) is 72.8 Å². The fraction of sp³-hybridized carbons (Fsp3) is 0.154. The van der Waals surface area contributed by atoms with Gasteiger partial charge in [0.15, 0.2) is 0 Å². The number of nitrogens with zero attached hydrogens (tertiary/aromatic N) is 1. The number of carbonyl (C=O) groups excluding carboxylic acids is 2. The maximum absolute atomic E-state index is 13.4. The monoisotopic (exact) mass is 413 g/mol. The molecule has 2 amide bonds. The van der Waals surface area contributed by atoms with E-state index in [1.807, 2.05) is 79.7 Å². The Labute approximate surface area is 181 Å². The lowest BCUT2D eigenvalue weighted by molar-refractivity contribution is -0.123. The number of carbonyl (C=O) groups is 2. The summed E-state index contributed by atoms with van der Waals surface area (Å²) in [7, 11) is 1.60. The van der Waals surface area contributed by atoms with E-state index < -0.39 is 0 Å². The quantitative estimate of drug-likeness (QED) is 0.430. The van der Waals surface area contributed by atoms with Gasteiger partial charge in [-0.05, 0) is 60.0 Å². The summed E-state index contributed by atoms with van der Waals surface area (Å²) < 4.78 is 10.8. The fourth-order valence-corrected chi connectivity index (χ4v) is 3.63. The van der Waals surface area contributed by atoms with Gasteiger partial charge < -0.3 is 9.47 Å². The predicted molar refractivity (Wildman–Crippen MR) is 120 cm³/mol. The van der Waals surface area contributed by atoms with E-state index in [-0.39, 0.29) is 18.4 Å². The van der Waals surface area contributed by atoms with Crippen LogP contribution in [0.4, 0.5) is 0 Å². The van der Waals surface area contributed by atoms with Crippen molar-refractivity contribution in [3.8, 4) is 11.5 Å². The molecule has 0 spiro atoms. The molecule has 0 aliphatic carbocycles. The van der Waals surface area contributed by atoms with Gasteiger partial charge in [0, 0.05) is 11.1 Å². The van der Waals surface area contributed by atoms with E-state index in [9.17, 15) is 9.59 Å². The van der Waals surface area contributed by atoms with Gasteiger partial charge in [0.1, 0.15) is 11.5 Å². The lowest BCUT2D eigenvalue weighted by Crippen LogP contribution is -2.41. The molecule has 3 aromatic rings. The van der Waals surface area contributed by atoms with Gasteiger partial charge in [0.05, 0.1) is 20.3 Å². The molecular weight excluding hydrogens is 390 g/mol. The van der Waals surface area contributed by atoms with E-state index in [2.05, 4.69) is 0 Å². The molecule has 0 fully saturated rings. The molecule has 1 aliphatic rings. The van der Waals surface area contributed by atoms with Crippen molar-refractivity contribution in [3.63, 3.8) is 0 Å². The number of methoxy groups -OCH3 is 1. The van der Waals surface area contributed by atoms with Crippen molar-refractivity contribution in [1.82, 2.24) is 4.90 Å². The van der Waals surface area contributed by atoms with Gasteiger partial charge in [-0.2, -0.15) is 0 Å². The highest BCUT2D eigenvalue weighted by molar-refractivity contribution is 6.33. The van der Waals surface area contributed by atoms with Gasteiger partial charge >= 0.3 is 0 Å². The maximum atomic E-state index is 13.4. The maximum Gasteiger partial charge on any atom is 0.261 e. The standard InChI is InChI=1S/C26H23NO4/c1-3-31-21-8-6-7-19(15-21)16-24-22-9-4-5-10-23(22)25(28)27(26(24)29)17-18-11-13-20(30-2)14-12-18/h4-16H,3,17H2,1-2H3/b24-16+. The molecule has 0 aromatic heterocycles. The molecule has 1 aliphatic heterocycles. The van der Waals surface area contributed by atoms with E-state index >= 15 is 0 Å². The van der Waals surface area contributed by atoms with Crippen LogP contribution >= 0.6 is 0 Å². The lowest BCUT2D eigenvalue weighted by Gasteiger charge is -2.29. The summed E-state index contributed by atoms with van der Waals surface area (Å²) in [5.74, 6) is 0.845. The highest BCUT2D eigenvalue weighted by Crippen LogP contribution is 2.32. The van der Waals surface area contributed by atoms with Crippen molar-refractivity contribution in [2.75, 3.05) is 13.7 Å². The van der Waals surface area contributed by atoms with Crippen LogP contribution in [0.5, 0.6) is 11.5 Å². The van der Waals surface area contributed by atoms with Crippen molar-refractivity contribution in [2.24, 2.45) is 0 Å². The van der Waals surface area contributed by atoms with Gasteiger partial charge in [-0.25, -0.2) is 0 Å². The lowest BCUT2D eigenvalue weighted by atomic mass is 9.91. The van der Waals surface area contributed by atoms with E-state index in [1.54, 1.807) is 13.2 Å².